The minimum Gasteiger partial charge on any atom is -0.343 e. The minimum atomic E-state index is -0.279. The first-order chi connectivity index (χ1) is 5.25. The molecule has 0 aromatic rings. The number of piperazine rings is 1. The second-order valence-corrected chi connectivity index (χ2v) is 2.63. The number of nitrogens with one attached hydrogen (secondary N) is 1. The average molecular weight is 153 g/mol. The molecule has 1 fully saturated rings. The molecule has 0 saturated carbocycles. The Morgan fingerprint density at radius 1 is 1.91 bits per heavy atom. The van der Waals surface area contributed by atoms with Crippen molar-refractivity contribution in [2.75, 3.05) is 20.1 Å². The van der Waals surface area contributed by atoms with Gasteiger partial charge in [0.1, 0.15) is 6.04 Å². The Hall–Kier alpha value is -1.08. The summed E-state index contributed by atoms with van der Waals surface area (Å²) in [5.74, 6) is 0.0257. The van der Waals surface area contributed by atoms with E-state index in [2.05, 4.69) is 5.32 Å². The third-order valence-corrected chi connectivity index (χ3v) is 1.81. The van der Waals surface area contributed by atoms with E-state index in [1.807, 2.05) is 6.07 Å². The van der Waals surface area contributed by atoms with E-state index in [1.54, 1.807) is 11.9 Å². The van der Waals surface area contributed by atoms with Crippen molar-refractivity contribution in [2.45, 2.75) is 12.5 Å². The van der Waals surface area contributed by atoms with Crippen LogP contribution in [0.1, 0.15) is 6.42 Å². The summed E-state index contributed by atoms with van der Waals surface area (Å²) in [6.07, 6.45) is 0.267. The second kappa shape index (κ2) is 3.35. The molecule has 1 amide bonds. The van der Waals surface area contributed by atoms with Crippen LogP contribution in [0.15, 0.2) is 0 Å². The van der Waals surface area contributed by atoms with Gasteiger partial charge in [0.05, 0.1) is 12.5 Å². The molecule has 1 rings (SSSR count). The van der Waals surface area contributed by atoms with Gasteiger partial charge in [0.25, 0.3) is 0 Å². The van der Waals surface area contributed by atoms with Gasteiger partial charge in [0.2, 0.25) is 5.91 Å². The summed E-state index contributed by atoms with van der Waals surface area (Å²) in [6.45, 7) is 1.52. The Labute approximate surface area is 65.8 Å². The predicted molar refractivity (Wildman–Crippen MR) is 39.7 cm³/mol. The van der Waals surface area contributed by atoms with Gasteiger partial charge in [-0.05, 0) is 0 Å². The molecule has 0 bridgehead atoms. The fraction of sp³-hybridized carbons (Fsp3) is 0.714. The molecule has 4 heteroatoms. The molecule has 4 nitrogen and oxygen atoms in total. The highest BCUT2D eigenvalue weighted by molar-refractivity contribution is 5.82. The highest BCUT2D eigenvalue weighted by Gasteiger charge is 2.24. The first kappa shape index (κ1) is 8.02. The first-order valence-electron chi connectivity index (χ1n) is 3.61. The lowest BCUT2D eigenvalue weighted by Gasteiger charge is -2.28. The van der Waals surface area contributed by atoms with E-state index >= 15 is 0 Å². The van der Waals surface area contributed by atoms with E-state index in [1.165, 1.54) is 0 Å². The molecule has 1 aliphatic rings. The maximum absolute atomic E-state index is 11.2. The summed E-state index contributed by atoms with van der Waals surface area (Å²) in [7, 11) is 1.76. The number of amides is 1. The second-order valence-electron chi connectivity index (χ2n) is 2.63. The summed E-state index contributed by atoms with van der Waals surface area (Å²) in [6, 6.07) is 1.70. The van der Waals surface area contributed by atoms with Crippen LogP contribution in [0.2, 0.25) is 0 Å². The molecule has 1 unspecified atom stereocenters. The van der Waals surface area contributed by atoms with Gasteiger partial charge in [-0.2, -0.15) is 5.26 Å². The van der Waals surface area contributed by atoms with Crippen molar-refractivity contribution in [1.29, 1.82) is 5.26 Å². The Morgan fingerprint density at radius 3 is 3.27 bits per heavy atom. The fourth-order valence-corrected chi connectivity index (χ4v) is 1.12. The lowest BCUT2D eigenvalue weighted by molar-refractivity contribution is -0.133. The fourth-order valence-electron chi connectivity index (χ4n) is 1.12. The SMILES string of the molecule is CN1CCNC(CC#N)C1=O. The van der Waals surface area contributed by atoms with Crippen LogP contribution in [0.25, 0.3) is 0 Å². The predicted octanol–water partition coefficient (Wildman–Crippen LogP) is -0.670. The Balaban J connectivity index is 2.53. The molecule has 0 aromatic heterocycles. The van der Waals surface area contributed by atoms with Gasteiger partial charge in [-0.1, -0.05) is 0 Å². The summed E-state index contributed by atoms with van der Waals surface area (Å²) in [4.78, 5) is 12.9. The van der Waals surface area contributed by atoms with Gasteiger partial charge >= 0.3 is 0 Å². The molecule has 1 atom stereocenters. The number of likely N-dealkylation sites (N-methyl/N-ethyl adjacent to an activating group) is 1. The highest BCUT2D eigenvalue weighted by Crippen LogP contribution is 2.01. The third-order valence-electron chi connectivity index (χ3n) is 1.81. The van der Waals surface area contributed by atoms with Crippen LogP contribution in [0.3, 0.4) is 0 Å². The van der Waals surface area contributed by atoms with Crippen LogP contribution < -0.4 is 5.32 Å². The zero-order chi connectivity index (χ0) is 8.27. The normalized spacial score (nSPS) is 24.9. The number of rotatable bonds is 1. The van der Waals surface area contributed by atoms with Gasteiger partial charge < -0.3 is 10.2 Å². The van der Waals surface area contributed by atoms with Crippen molar-refractivity contribution in [3.8, 4) is 6.07 Å². The molecule has 11 heavy (non-hydrogen) atoms. The van der Waals surface area contributed by atoms with Crippen LogP contribution in [0, 0.1) is 11.3 Å². The van der Waals surface area contributed by atoms with Gasteiger partial charge in [-0.15, -0.1) is 0 Å². The van der Waals surface area contributed by atoms with E-state index in [9.17, 15) is 4.79 Å². The minimum absolute atomic E-state index is 0.0257. The van der Waals surface area contributed by atoms with Gasteiger partial charge in [0.15, 0.2) is 0 Å². The molecule has 1 saturated heterocycles. The summed E-state index contributed by atoms with van der Waals surface area (Å²) >= 11 is 0. The van der Waals surface area contributed by atoms with Crippen molar-refractivity contribution in [2.24, 2.45) is 0 Å². The number of hydrogen-bond donors (Lipinski definition) is 1. The molecular weight excluding hydrogens is 142 g/mol. The molecule has 0 spiro atoms. The maximum atomic E-state index is 11.2. The Bertz CT molecular complexity index is 196. The van der Waals surface area contributed by atoms with Crippen molar-refractivity contribution in [3.63, 3.8) is 0 Å². The number of nitrogens with zero attached hydrogens (tertiary/aromatic N) is 2. The summed E-state index contributed by atoms with van der Waals surface area (Å²) in [5.41, 5.74) is 0. The van der Waals surface area contributed by atoms with Crippen LogP contribution in [0.4, 0.5) is 0 Å². The zero-order valence-electron chi connectivity index (χ0n) is 6.50. The average Bonchev–Trinajstić information content (AvgIpc) is 1.99. The summed E-state index contributed by atoms with van der Waals surface area (Å²) < 4.78 is 0. The van der Waals surface area contributed by atoms with Crippen LogP contribution >= 0.6 is 0 Å². The van der Waals surface area contributed by atoms with Crippen molar-refractivity contribution < 1.29 is 4.79 Å². The van der Waals surface area contributed by atoms with E-state index in [4.69, 9.17) is 5.26 Å². The number of carbonyl (C=O) groups excluding carboxylic acids is 1. The highest BCUT2D eigenvalue weighted by atomic mass is 16.2. The molecule has 0 aliphatic carbocycles. The quantitative estimate of drug-likeness (QED) is 0.543. The Kier molecular flexibility index (Phi) is 2.44. The van der Waals surface area contributed by atoms with Crippen LogP contribution in [-0.4, -0.2) is 37.0 Å². The lowest BCUT2D eigenvalue weighted by atomic mass is 10.1. The number of carbonyl (C=O) groups is 1. The summed E-state index contributed by atoms with van der Waals surface area (Å²) in [5, 5.41) is 11.3. The zero-order valence-corrected chi connectivity index (χ0v) is 6.50. The van der Waals surface area contributed by atoms with Gasteiger partial charge in [-0.3, -0.25) is 4.79 Å². The number of nitriles is 1. The molecule has 1 N–H and O–H groups in total. The van der Waals surface area contributed by atoms with Gasteiger partial charge in [0, 0.05) is 20.1 Å². The topological polar surface area (TPSA) is 56.1 Å². The molecule has 60 valence electrons. The number of hydrogen-bond acceptors (Lipinski definition) is 3. The first-order valence-corrected chi connectivity index (χ1v) is 3.61. The van der Waals surface area contributed by atoms with Crippen molar-refractivity contribution in [3.05, 3.63) is 0 Å². The van der Waals surface area contributed by atoms with Crippen molar-refractivity contribution >= 4 is 5.91 Å². The largest absolute Gasteiger partial charge is 0.343 e. The van der Waals surface area contributed by atoms with Gasteiger partial charge in [-0.25, -0.2) is 0 Å². The van der Waals surface area contributed by atoms with E-state index < -0.39 is 0 Å². The molecule has 0 radical (unpaired) electrons. The van der Waals surface area contributed by atoms with E-state index in [-0.39, 0.29) is 18.4 Å². The van der Waals surface area contributed by atoms with E-state index in [0.717, 1.165) is 13.1 Å². The smallest absolute Gasteiger partial charge is 0.240 e. The third kappa shape index (κ3) is 1.69. The molecular formula is C7H11N3O. The molecule has 1 aliphatic heterocycles. The Morgan fingerprint density at radius 2 is 2.64 bits per heavy atom. The van der Waals surface area contributed by atoms with Crippen molar-refractivity contribution in [1.82, 2.24) is 10.2 Å². The van der Waals surface area contributed by atoms with Crippen LogP contribution in [-0.2, 0) is 4.79 Å². The monoisotopic (exact) mass is 153 g/mol. The maximum Gasteiger partial charge on any atom is 0.240 e. The molecule has 0 aromatic carbocycles. The van der Waals surface area contributed by atoms with Crippen LogP contribution in [0.5, 0.6) is 0 Å². The standard InChI is InChI=1S/C7H11N3O/c1-10-5-4-9-6(2-3-8)7(10)11/h6,9H,2,4-5H2,1H3. The van der Waals surface area contributed by atoms with E-state index in [0.29, 0.717) is 0 Å². The molecule has 1 heterocycles. The lowest BCUT2D eigenvalue weighted by Crippen LogP contribution is -2.53.